The summed E-state index contributed by atoms with van der Waals surface area (Å²) in [5.74, 6) is 0. The average Bonchev–Trinajstić information content (AvgIpc) is 2.48. The molecule has 2 N–H and O–H groups in total. The second-order valence-corrected chi connectivity index (χ2v) is 6.00. The maximum absolute atomic E-state index is 10.2. The van der Waals surface area contributed by atoms with Crippen LogP contribution in [0.25, 0.3) is 0 Å². The summed E-state index contributed by atoms with van der Waals surface area (Å²) in [6, 6.07) is 15.8. The molecule has 0 aliphatic rings. The Morgan fingerprint density at radius 1 is 1.05 bits per heavy atom. The molecule has 21 heavy (non-hydrogen) atoms. The van der Waals surface area contributed by atoms with E-state index in [0.29, 0.717) is 16.6 Å². The summed E-state index contributed by atoms with van der Waals surface area (Å²) in [6.45, 7) is 2.58. The molecule has 2 aromatic rings. The fourth-order valence-electron chi connectivity index (χ4n) is 2.19. The molecule has 4 heteroatoms. The van der Waals surface area contributed by atoms with E-state index >= 15 is 0 Å². The Bertz CT molecular complexity index is 574. The molecule has 0 aliphatic carbocycles. The van der Waals surface area contributed by atoms with Crippen LogP contribution in [0.5, 0.6) is 0 Å². The number of rotatable bonds is 6. The quantitative estimate of drug-likeness (QED) is 0.833. The van der Waals surface area contributed by atoms with Crippen molar-refractivity contribution in [3.8, 4) is 0 Å². The highest BCUT2D eigenvalue weighted by molar-refractivity contribution is 6.42. The molecule has 0 amide bonds. The van der Waals surface area contributed by atoms with E-state index in [1.807, 2.05) is 18.2 Å². The molecule has 0 spiro atoms. The van der Waals surface area contributed by atoms with Gasteiger partial charge in [0.15, 0.2) is 0 Å². The molecule has 0 radical (unpaired) electrons. The zero-order chi connectivity index (χ0) is 15.2. The number of hydrogen-bond donors (Lipinski definition) is 2. The van der Waals surface area contributed by atoms with Crippen LogP contribution in [0.4, 0.5) is 0 Å². The lowest BCUT2D eigenvalue weighted by Gasteiger charge is -2.18. The molecule has 0 aromatic heterocycles. The van der Waals surface area contributed by atoms with Gasteiger partial charge in [-0.2, -0.15) is 0 Å². The lowest BCUT2D eigenvalue weighted by Crippen LogP contribution is -2.32. The minimum Gasteiger partial charge on any atom is -0.387 e. The van der Waals surface area contributed by atoms with Gasteiger partial charge in [-0.15, -0.1) is 0 Å². The monoisotopic (exact) mass is 323 g/mol. The van der Waals surface area contributed by atoms with Crippen molar-refractivity contribution in [1.29, 1.82) is 0 Å². The Kier molecular flexibility index (Phi) is 6.07. The van der Waals surface area contributed by atoms with E-state index in [-0.39, 0.29) is 6.04 Å². The Labute approximate surface area is 135 Å². The first-order chi connectivity index (χ1) is 10.1. The zero-order valence-electron chi connectivity index (χ0n) is 11.9. The van der Waals surface area contributed by atoms with Crippen LogP contribution >= 0.6 is 23.2 Å². The second-order valence-electron chi connectivity index (χ2n) is 5.19. The number of halogens is 2. The lowest BCUT2D eigenvalue weighted by molar-refractivity contribution is 0.170. The molecule has 2 rings (SSSR count). The number of aliphatic hydroxyl groups excluding tert-OH is 1. The van der Waals surface area contributed by atoms with E-state index in [1.165, 1.54) is 5.56 Å². The normalized spacial score (nSPS) is 13.9. The summed E-state index contributed by atoms with van der Waals surface area (Å²) >= 11 is 11.8. The van der Waals surface area contributed by atoms with Gasteiger partial charge in [-0.05, 0) is 36.6 Å². The minimum absolute atomic E-state index is 0.282. The van der Waals surface area contributed by atoms with Gasteiger partial charge in [0.05, 0.1) is 16.1 Å². The van der Waals surface area contributed by atoms with Gasteiger partial charge in [-0.25, -0.2) is 0 Å². The summed E-state index contributed by atoms with van der Waals surface area (Å²) in [6.07, 6.45) is 0.326. The van der Waals surface area contributed by atoms with E-state index < -0.39 is 6.10 Å². The van der Waals surface area contributed by atoms with Crippen LogP contribution in [0.15, 0.2) is 48.5 Å². The molecule has 2 atom stereocenters. The molecular weight excluding hydrogens is 305 g/mol. The molecule has 0 saturated heterocycles. The largest absolute Gasteiger partial charge is 0.387 e. The third kappa shape index (κ3) is 5.01. The Hall–Kier alpha value is -1.06. The van der Waals surface area contributed by atoms with Gasteiger partial charge in [-0.1, -0.05) is 59.6 Å². The van der Waals surface area contributed by atoms with Crippen LogP contribution < -0.4 is 5.32 Å². The Balaban J connectivity index is 1.85. The highest BCUT2D eigenvalue weighted by atomic mass is 35.5. The van der Waals surface area contributed by atoms with Crippen molar-refractivity contribution in [3.63, 3.8) is 0 Å². The molecule has 2 nitrogen and oxygen atoms in total. The molecule has 0 bridgehead atoms. The van der Waals surface area contributed by atoms with E-state index in [9.17, 15) is 5.11 Å². The van der Waals surface area contributed by atoms with Crippen molar-refractivity contribution in [2.45, 2.75) is 25.5 Å². The smallest absolute Gasteiger partial charge is 0.0915 e. The van der Waals surface area contributed by atoms with Gasteiger partial charge in [-0.3, -0.25) is 0 Å². The highest BCUT2D eigenvalue weighted by Gasteiger charge is 2.11. The molecular formula is C17H19Cl2NO. The molecule has 112 valence electrons. The van der Waals surface area contributed by atoms with Crippen LogP contribution in [0.3, 0.4) is 0 Å². The standard InChI is InChI=1S/C17H19Cl2NO/c1-12(9-13-5-3-2-4-6-13)20-11-17(21)14-7-8-15(18)16(19)10-14/h2-8,10,12,17,20-21H,9,11H2,1H3/t12-,17+/m1/s1. The van der Waals surface area contributed by atoms with Gasteiger partial charge < -0.3 is 10.4 Å². The third-order valence-corrected chi connectivity index (χ3v) is 4.11. The highest BCUT2D eigenvalue weighted by Crippen LogP contribution is 2.25. The molecule has 0 fully saturated rings. The summed E-state index contributed by atoms with van der Waals surface area (Å²) in [5.41, 5.74) is 2.05. The number of benzene rings is 2. The summed E-state index contributed by atoms with van der Waals surface area (Å²) in [5, 5.41) is 14.5. The van der Waals surface area contributed by atoms with Crippen molar-refractivity contribution in [2.75, 3.05) is 6.54 Å². The summed E-state index contributed by atoms with van der Waals surface area (Å²) in [7, 11) is 0. The van der Waals surface area contributed by atoms with Crippen molar-refractivity contribution in [1.82, 2.24) is 5.32 Å². The predicted molar refractivity (Wildman–Crippen MR) is 89.0 cm³/mol. The van der Waals surface area contributed by atoms with Crippen molar-refractivity contribution < 1.29 is 5.11 Å². The minimum atomic E-state index is -0.599. The first kappa shape index (κ1) is 16.3. The van der Waals surface area contributed by atoms with Gasteiger partial charge in [0, 0.05) is 12.6 Å². The lowest BCUT2D eigenvalue weighted by atomic mass is 10.1. The Morgan fingerprint density at radius 3 is 2.43 bits per heavy atom. The summed E-state index contributed by atoms with van der Waals surface area (Å²) < 4.78 is 0. The number of aliphatic hydroxyl groups is 1. The maximum atomic E-state index is 10.2. The Morgan fingerprint density at radius 2 is 1.76 bits per heavy atom. The molecule has 0 saturated carbocycles. The molecule has 2 aromatic carbocycles. The van der Waals surface area contributed by atoms with Gasteiger partial charge in [0.2, 0.25) is 0 Å². The average molecular weight is 324 g/mol. The maximum Gasteiger partial charge on any atom is 0.0915 e. The van der Waals surface area contributed by atoms with Gasteiger partial charge >= 0.3 is 0 Å². The fourth-order valence-corrected chi connectivity index (χ4v) is 2.50. The van der Waals surface area contributed by atoms with E-state index in [1.54, 1.807) is 18.2 Å². The van der Waals surface area contributed by atoms with Crippen LogP contribution in [0, 0.1) is 0 Å². The van der Waals surface area contributed by atoms with Crippen LogP contribution in [-0.2, 0) is 6.42 Å². The topological polar surface area (TPSA) is 32.3 Å². The number of hydrogen-bond acceptors (Lipinski definition) is 2. The second kappa shape index (κ2) is 7.81. The van der Waals surface area contributed by atoms with E-state index in [2.05, 4.69) is 24.4 Å². The van der Waals surface area contributed by atoms with E-state index in [0.717, 1.165) is 12.0 Å². The van der Waals surface area contributed by atoms with Gasteiger partial charge in [0.1, 0.15) is 0 Å². The molecule has 0 unspecified atom stereocenters. The first-order valence-electron chi connectivity index (χ1n) is 6.96. The van der Waals surface area contributed by atoms with Crippen molar-refractivity contribution >= 4 is 23.2 Å². The predicted octanol–water partition coefficient (Wildman–Crippen LogP) is 4.25. The van der Waals surface area contributed by atoms with Crippen LogP contribution in [0.1, 0.15) is 24.2 Å². The van der Waals surface area contributed by atoms with Crippen LogP contribution in [0.2, 0.25) is 10.0 Å². The van der Waals surface area contributed by atoms with Crippen molar-refractivity contribution in [2.24, 2.45) is 0 Å². The van der Waals surface area contributed by atoms with Gasteiger partial charge in [0.25, 0.3) is 0 Å². The van der Waals surface area contributed by atoms with Crippen LogP contribution in [-0.4, -0.2) is 17.7 Å². The van der Waals surface area contributed by atoms with Crippen molar-refractivity contribution in [3.05, 3.63) is 69.7 Å². The molecule has 0 aliphatic heterocycles. The molecule has 0 heterocycles. The third-order valence-electron chi connectivity index (χ3n) is 3.37. The fraction of sp³-hybridized carbons (Fsp3) is 0.294. The zero-order valence-corrected chi connectivity index (χ0v) is 13.4. The SMILES string of the molecule is C[C@H](Cc1ccccc1)NC[C@H](O)c1ccc(Cl)c(Cl)c1. The first-order valence-corrected chi connectivity index (χ1v) is 7.72. The number of nitrogens with one attached hydrogen (secondary N) is 1. The van der Waals surface area contributed by atoms with E-state index in [4.69, 9.17) is 23.2 Å². The summed E-state index contributed by atoms with van der Waals surface area (Å²) in [4.78, 5) is 0.